The van der Waals surface area contributed by atoms with Crippen LogP contribution < -0.4 is 11.3 Å². The average Bonchev–Trinajstić information content (AvgIpc) is 1.96. The molecule has 0 bridgehead atoms. The number of rotatable bonds is 1. The second-order valence-electron chi connectivity index (χ2n) is 2.07. The highest BCUT2D eigenvalue weighted by atomic mass is 79.9. The molecule has 0 aliphatic heterocycles. The highest BCUT2D eigenvalue weighted by Gasteiger charge is 2.03. The Bertz CT molecular complexity index is 320. The largest absolute Gasteiger partial charge is 0.369 e. The van der Waals surface area contributed by atoms with Crippen molar-refractivity contribution in [3.63, 3.8) is 0 Å². The topological polar surface area (TPSA) is 71.8 Å². The van der Waals surface area contributed by atoms with Crippen LogP contribution in [0.2, 0.25) is 0 Å². The zero-order chi connectivity index (χ0) is 8.43. The third-order valence-corrected chi connectivity index (χ3v) is 2.10. The number of nitrogens with zero attached hydrogens (tertiary/aromatic N) is 1. The Morgan fingerprint density at radius 2 is 2.36 bits per heavy atom. The average molecular weight is 218 g/mol. The van der Waals surface area contributed by atoms with Gasteiger partial charge in [-0.2, -0.15) is 0 Å². The van der Waals surface area contributed by atoms with Gasteiger partial charge in [-0.05, 0) is 22.4 Å². The lowest BCUT2D eigenvalue weighted by Gasteiger charge is -1.99. The van der Waals surface area contributed by atoms with Crippen LogP contribution in [0.3, 0.4) is 0 Å². The number of nitrogens with one attached hydrogen (secondary N) is 1. The first-order valence-electron chi connectivity index (χ1n) is 3.19. The number of aryl methyl sites for hydroxylation is 1. The van der Waals surface area contributed by atoms with Gasteiger partial charge in [0.15, 0.2) is 0 Å². The van der Waals surface area contributed by atoms with Gasteiger partial charge in [0, 0.05) is 0 Å². The second-order valence-corrected chi connectivity index (χ2v) is 2.86. The third kappa shape index (κ3) is 1.59. The Morgan fingerprint density at radius 3 is 2.91 bits per heavy atom. The number of H-pyrrole nitrogens is 1. The fraction of sp³-hybridized carbons (Fsp3) is 0.333. The van der Waals surface area contributed by atoms with E-state index in [0.29, 0.717) is 16.6 Å². The molecule has 0 spiro atoms. The zero-order valence-electron chi connectivity index (χ0n) is 6.02. The van der Waals surface area contributed by atoms with Gasteiger partial charge in [-0.15, -0.1) is 0 Å². The minimum atomic E-state index is -0.227. The van der Waals surface area contributed by atoms with E-state index in [9.17, 15) is 4.79 Å². The maximum atomic E-state index is 11.0. The Balaban J connectivity index is 3.36. The Hall–Kier alpha value is -0.840. The van der Waals surface area contributed by atoms with Crippen molar-refractivity contribution in [2.24, 2.45) is 0 Å². The molecule has 0 aliphatic carbocycles. The maximum absolute atomic E-state index is 11.0. The summed E-state index contributed by atoms with van der Waals surface area (Å²) in [6, 6.07) is 0. The summed E-state index contributed by atoms with van der Waals surface area (Å²) < 4.78 is 0.467. The van der Waals surface area contributed by atoms with Crippen LogP contribution in [0, 0.1) is 0 Å². The molecule has 0 radical (unpaired) electrons. The third-order valence-electron chi connectivity index (χ3n) is 1.28. The van der Waals surface area contributed by atoms with Gasteiger partial charge in [0.05, 0.1) is 5.69 Å². The molecule has 3 N–H and O–H groups in total. The summed E-state index contributed by atoms with van der Waals surface area (Å²) in [7, 11) is 0. The quantitative estimate of drug-likeness (QED) is 0.727. The molecule has 4 nitrogen and oxygen atoms in total. The van der Waals surface area contributed by atoms with Gasteiger partial charge >= 0.3 is 0 Å². The summed E-state index contributed by atoms with van der Waals surface area (Å²) in [6.45, 7) is 1.91. The number of aromatic nitrogens is 2. The van der Waals surface area contributed by atoms with Gasteiger partial charge in [-0.25, -0.2) is 4.98 Å². The molecule has 0 fully saturated rings. The monoisotopic (exact) mass is 217 g/mol. The van der Waals surface area contributed by atoms with Crippen molar-refractivity contribution in [3.05, 3.63) is 20.5 Å². The zero-order valence-corrected chi connectivity index (χ0v) is 7.60. The lowest BCUT2D eigenvalue weighted by Crippen LogP contribution is -2.14. The number of halogens is 1. The number of hydrogen-bond acceptors (Lipinski definition) is 3. The second kappa shape index (κ2) is 3.04. The van der Waals surface area contributed by atoms with Gasteiger partial charge in [-0.3, -0.25) is 9.78 Å². The summed E-state index contributed by atoms with van der Waals surface area (Å²) in [5.74, 6) is 0.162. The highest BCUT2D eigenvalue weighted by Crippen LogP contribution is 2.09. The molecular formula is C6H8BrN3O. The van der Waals surface area contributed by atoms with E-state index in [1.165, 1.54) is 0 Å². The Kier molecular flexibility index (Phi) is 2.28. The van der Waals surface area contributed by atoms with Crippen LogP contribution >= 0.6 is 15.9 Å². The van der Waals surface area contributed by atoms with Gasteiger partial charge in [-0.1, -0.05) is 6.92 Å². The minimum Gasteiger partial charge on any atom is -0.369 e. The Morgan fingerprint density at radius 1 is 1.73 bits per heavy atom. The van der Waals surface area contributed by atoms with Crippen LogP contribution in [0.5, 0.6) is 0 Å². The van der Waals surface area contributed by atoms with Crippen LogP contribution in [0.25, 0.3) is 0 Å². The summed E-state index contributed by atoms with van der Waals surface area (Å²) in [5.41, 5.74) is 5.78. The molecule has 1 heterocycles. The molecule has 0 atom stereocenters. The van der Waals surface area contributed by atoms with Crippen LogP contribution in [-0.4, -0.2) is 9.97 Å². The van der Waals surface area contributed by atoms with Gasteiger partial charge in [0.2, 0.25) is 5.95 Å². The molecule has 11 heavy (non-hydrogen) atoms. The van der Waals surface area contributed by atoms with Crippen molar-refractivity contribution in [1.82, 2.24) is 9.97 Å². The summed E-state index contributed by atoms with van der Waals surface area (Å²) in [6.07, 6.45) is 0.689. The summed E-state index contributed by atoms with van der Waals surface area (Å²) in [5, 5.41) is 0. The van der Waals surface area contributed by atoms with E-state index in [-0.39, 0.29) is 11.5 Å². The summed E-state index contributed by atoms with van der Waals surface area (Å²) in [4.78, 5) is 17.3. The van der Waals surface area contributed by atoms with Crippen molar-refractivity contribution in [2.75, 3.05) is 5.73 Å². The maximum Gasteiger partial charge on any atom is 0.266 e. The lowest BCUT2D eigenvalue weighted by atomic mass is 10.3. The van der Waals surface area contributed by atoms with E-state index in [1.807, 2.05) is 6.92 Å². The molecule has 0 aromatic carbocycles. The van der Waals surface area contributed by atoms with Crippen LogP contribution in [0.15, 0.2) is 9.27 Å². The van der Waals surface area contributed by atoms with Crippen molar-refractivity contribution < 1.29 is 0 Å². The number of aromatic amines is 1. The molecule has 60 valence electrons. The fourth-order valence-electron chi connectivity index (χ4n) is 0.759. The number of nitrogen functional groups attached to an aromatic ring is 1. The van der Waals surface area contributed by atoms with Crippen LogP contribution in [0.1, 0.15) is 12.6 Å². The van der Waals surface area contributed by atoms with Gasteiger partial charge < -0.3 is 5.73 Å². The molecule has 0 aliphatic rings. The smallest absolute Gasteiger partial charge is 0.266 e. The minimum absolute atomic E-state index is 0.162. The van der Waals surface area contributed by atoms with Gasteiger partial charge in [0.25, 0.3) is 5.56 Å². The van der Waals surface area contributed by atoms with E-state index in [0.717, 1.165) is 0 Å². The number of nitrogens with two attached hydrogens (primary N) is 1. The summed E-state index contributed by atoms with van der Waals surface area (Å²) >= 11 is 3.11. The van der Waals surface area contributed by atoms with Crippen molar-refractivity contribution >= 4 is 21.9 Å². The molecular weight excluding hydrogens is 210 g/mol. The van der Waals surface area contributed by atoms with Crippen molar-refractivity contribution in [3.8, 4) is 0 Å². The van der Waals surface area contributed by atoms with Gasteiger partial charge in [0.1, 0.15) is 4.47 Å². The SMILES string of the molecule is CCc1nc(N)[nH]c(=O)c1Br. The predicted octanol–water partition coefficient (Wildman–Crippen LogP) is 0.677. The molecule has 1 rings (SSSR count). The van der Waals surface area contributed by atoms with Crippen LogP contribution in [-0.2, 0) is 6.42 Å². The molecule has 5 heteroatoms. The molecule has 1 aromatic heterocycles. The van der Waals surface area contributed by atoms with Crippen LogP contribution in [0.4, 0.5) is 5.95 Å². The van der Waals surface area contributed by atoms with E-state index >= 15 is 0 Å². The Labute approximate surface area is 72.0 Å². The first-order valence-corrected chi connectivity index (χ1v) is 3.98. The fourth-order valence-corrected chi connectivity index (χ4v) is 1.23. The van der Waals surface area contributed by atoms with E-state index in [1.54, 1.807) is 0 Å². The molecule has 1 aromatic rings. The molecule has 0 unspecified atom stereocenters. The number of anilines is 1. The van der Waals surface area contributed by atoms with E-state index < -0.39 is 0 Å². The lowest BCUT2D eigenvalue weighted by molar-refractivity contribution is 0.974. The first-order chi connectivity index (χ1) is 5.15. The molecule has 0 saturated heterocycles. The molecule has 0 amide bonds. The van der Waals surface area contributed by atoms with E-state index in [4.69, 9.17) is 5.73 Å². The first kappa shape index (κ1) is 8.26. The van der Waals surface area contributed by atoms with Crippen molar-refractivity contribution in [2.45, 2.75) is 13.3 Å². The number of hydrogen-bond donors (Lipinski definition) is 2. The van der Waals surface area contributed by atoms with E-state index in [2.05, 4.69) is 25.9 Å². The standard InChI is InChI=1S/C6H8BrN3O/c1-2-3-4(7)5(11)10-6(8)9-3/h2H2,1H3,(H3,8,9,10,11). The highest BCUT2D eigenvalue weighted by molar-refractivity contribution is 9.10. The molecule has 0 saturated carbocycles. The normalized spacial score (nSPS) is 10.0. The predicted molar refractivity (Wildman–Crippen MR) is 46.3 cm³/mol. The van der Waals surface area contributed by atoms with Crippen molar-refractivity contribution in [1.29, 1.82) is 0 Å².